The predicted molar refractivity (Wildman–Crippen MR) is 174 cm³/mol. The van der Waals surface area contributed by atoms with Gasteiger partial charge in [-0.05, 0) is 110 Å². The second-order valence-corrected chi connectivity index (χ2v) is 17.4. The molecule has 10 atom stereocenters. The molecule has 0 aromatic heterocycles. The van der Waals surface area contributed by atoms with Crippen molar-refractivity contribution in [3.8, 4) is 0 Å². The molecule has 0 amide bonds. The van der Waals surface area contributed by atoms with Crippen molar-refractivity contribution in [2.24, 2.45) is 50.2 Å². The van der Waals surface area contributed by atoms with Crippen LogP contribution >= 0.6 is 0 Å². The van der Waals surface area contributed by atoms with Crippen molar-refractivity contribution in [3.05, 3.63) is 47.5 Å². The van der Waals surface area contributed by atoms with Crippen LogP contribution in [0.4, 0.5) is 0 Å². The highest BCUT2D eigenvalue weighted by Gasteiger charge is 2.70. The van der Waals surface area contributed by atoms with Gasteiger partial charge in [-0.1, -0.05) is 83.5 Å². The summed E-state index contributed by atoms with van der Waals surface area (Å²) in [6.07, 6.45) is 12.1. The maximum atomic E-state index is 13.1. The smallest absolute Gasteiger partial charge is 0.312 e. The molecule has 5 aliphatic carbocycles. The summed E-state index contributed by atoms with van der Waals surface area (Å²) in [5.41, 5.74) is 2.57. The number of fused-ring (bicyclic) bond motifs is 7. The lowest BCUT2D eigenvalue weighted by Crippen LogP contribution is -2.67. The number of aliphatic carboxylic acids is 1. The summed E-state index contributed by atoms with van der Waals surface area (Å²) in [6, 6.07) is 10.7. The number of hydrogen-bond donors (Lipinski definition) is 1. The summed E-state index contributed by atoms with van der Waals surface area (Å²) >= 11 is 0. The predicted octanol–water partition coefficient (Wildman–Crippen LogP) is 9.06. The third kappa shape index (κ3) is 4.60. The third-order valence-electron chi connectivity index (χ3n) is 14.8. The molecule has 5 heteroatoms. The summed E-state index contributed by atoms with van der Waals surface area (Å²) in [4.78, 5) is 13.1. The molecule has 0 spiro atoms. The Morgan fingerprint density at radius 1 is 0.841 bits per heavy atom. The van der Waals surface area contributed by atoms with Gasteiger partial charge < -0.3 is 19.3 Å². The lowest BCUT2D eigenvalue weighted by atomic mass is 9.33. The van der Waals surface area contributed by atoms with Crippen LogP contribution in [0.2, 0.25) is 0 Å². The molecular formula is C39H58O5. The Kier molecular flexibility index (Phi) is 8.02. The molecule has 0 heterocycles. The molecule has 0 saturated heterocycles. The summed E-state index contributed by atoms with van der Waals surface area (Å²) < 4.78 is 18.2. The Labute approximate surface area is 266 Å². The second-order valence-electron chi connectivity index (χ2n) is 17.4. The van der Waals surface area contributed by atoms with E-state index in [0.717, 1.165) is 38.5 Å². The van der Waals surface area contributed by atoms with Crippen molar-refractivity contribution in [1.29, 1.82) is 0 Å². The van der Waals surface area contributed by atoms with E-state index in [2.05, 4.69) is 78.0 Å². The standard InChI is InChI=1S/C39H58O5/c1-34(2)22-28-27-14-15-29-36(4)18-17-31(44-25-42-8)39(7,33(40)41)30(36)16-19-38(29,6)37(27,5)21-20-35(28,3)32(23-34)43-24-26-12-10-9-11-13-26/h9-14,28-32H,15-25H2,1-8H3,(H,40,41)/t28-,29?,30?,31-,32+,35+,36+,37+,38+,39+/m0/s1. The highest BCUT2D eigenvalue weighted by Crippen LogP contribution is 2.76. The monoisotopic (exact) mass is 606 g/mol. The van der Waals surface area contributed by atoms with Gasteiger partial charge in [0.25, 0.3) is 0 Å². The van der Waals surface area contributed by atoms with Crippen LogP contribution in [0.3, 0.4) is 0 Å². The van der Waals surface area contributed by atoms with E-state index in [1.54, 1.807) is 12.7 Å². The molecule has 0 bridgehead atoms. The third-order valence-corrected chi connectivity index (χ3v) is 14.8. The zero-order chi connectivity index (χ0) is 31.8. The molecule has 6 rings (SSSR count). The van der Waals surface area contributed by atoms with Crippen molar-refractivity contribution in [3.63, 3.8) is 0 Å². The number of carboxylic acid groups (broad SMARTS) is 1. The Bertz CT molecular complexity index is 1270. The normalized spacial score (nSPS) is 46.1. The minimum atomic E-state index is -0.917. The quantitative estimate of drug-likeness (QED) is 0.248. The fourth-order valence-corrected chi connectivity index (χ4v) is 12.0. The lowest BCUT2D eigenvalue weighted by molar-refractivity contribution is -0.235. The van der Waals surface area contributed by atoms with Gasteiger partial charge in [0.15, 0.2) is 0 Å². The van der Waals surface area contributed by atoms with E-state index >= 15 is 0 Å². The van der Waals surface area contributed by atoms with Crippen molar-refractivity contribution >= 4 is 5.97 Å². The zero-order valence-electron chi connectivity index (χ0n) is 28.7. The van der Waals surface area contributed by atoms with Gasteiger partial charge in [0.05, 0.1) is 24.2 Å². The average molecular weight is 607 g/mol. The van der Waals surface area contributed by atoms with E-state index in [0.29, 0.717) is 18.4 Å². The lowest BCUT2D eigenvalue weighted by Gasteiger charge is -2.71. The number of carboxylic acids is 1. The van der Waals surface area contributed by atoms with Crippen LogP contribution in [0.25, 0.3) is 0 Å². The van der Waals surface area contributed by atoms with Gasteiger partial charge in [-0.15, -0.1) is 0 Å². The molecule has 4 fully saturated rings. The number of benzene rings is 1. The molecule has 0 radical (unpaired) electrons. The summed E-state index contributed by atoms with van der Waals surface area (Å²) in [5, 5.41) is 10.7. The molecule has 4 saturated carbocycles. The fourth-order valence-electron chi connectivity index (χ4n) is 12.0. The number of rotatable bonds is 7. The van der Waals surface area contributed by atoms with Gasteiger partial charge in [-0.3, -0.25) is 4.79 Å². The van der Waals surface area contributed by atoms with Crippen LogP contribution in [0.1, 0.15) is 112 Å². The zero-order valence-corrected chi connectivity index (χ0v) is 28.7. The molecule has 5 aliphatic rings. The molecule has 244 valence electrons. The minimum absolute atomic E-state index is 0.0496. The first-order valence-corrected chi connectivity index (χ1v) is 17.4. The van der Waals surface area contributed by atoms with E-state index in [4.69, 9.17) is 14.2 Å². The van der Waals surface area contributed by atoms with Gasteiger partial charge in [0.1, 0.15) is 6.79 Å². The largest absolute Gasteiger partial charge is 0.481 e. The Morgan fingerprint density at radius 2 is 1.57 bits per heavy atom. The van der Waals surface area contributed by atoms with E-state index in [1.807, 2.05) is 6.92 Å². The van der Waals surface area contributed by atoms with E-state index in [1.165, 1.54) is 24.8 Å². The first-order valence-electron chi connectivity index (χ1n) is 17.4. The molecular weight excluding hydrogens is 548 g/mol. The molecule has 0 aliphatic heterocycles. The molecule has 5 nitrogen and oxygen atoms in total. The number of carbonyl (C=O) groups is 1. The van der Waals surface area contributed by atoms with Gasteiger partial charge in [-0.25, -0.2) is 0 Å². The first kappa shape index (κ1) is 32.3. The summed E-state index contributed by atoms with van der Waals surface area (Å²) in [7, 11) is 1.62. The Morgan fingerprint density at radius 3 is 2.25 bits per heavy atom. The average Bonchev–Trinajstić information content (AvgIpc) is 2.97. The number of methoxy groups -OCH3 is 1. The maximum absolute atomic E-state index is 13.1. The molecule has 2 unspecified atom stereocenters. The number of allylic oxidation sites excluding steroid dienone is 2. The molecule has 44 heavy (non-hydrogen) atoms. The van der Waals surface area contributed by atoms with Crippen LogP contribution < -0.4 is 0 Å². The minimum Gasteiger partial charge on any atom is -0.481 e. The summed E-state index contributed by atoms with van der Waals surface area (Å²) in [5.74, 6) is 0.334. The van der Waals surface area contributed by atoms with Crippen LogP contribution in [-0.2, 0) is 25.6 Å². The summed E-state index contributed by atoms with van der Waals surface area (Å²) in [6.45, 7) is 17.9. The van der Waals surface area contributed by atoms with E-state index < -0.39 is 11.4 Å². The van der Waals surface area contributed by atoms with Gasteiger partial charge in [0.2, 0.25) is 0 Å². The first-order chi connectivity index (χ1) is 20.7. The SMILES string of the molecule is COCO[C@H]1CC[C@@]2(C)C(CC[C@]3(C)C2CC=C2[C@@H]4CC(C)(C)C[C@@H](OCc5ccccc5)[C@]4(C)CC[C@]23C)[C@@]1(C)C(=O)O. The fraction of sp³-hybridized carbons (Fsp3) is 0.769. The van der Waals surface area contributed by atoms with Gasteiger partial charge in [0, 0.05) is 12.5 Å². The van der Waals surface area contributed by atoms with Crippen molar-refractivity contribution < 1.29 is 24.1 Å². The Hall–Kier alpha value is -1.69. The van der Waals surface area contributed by atoms with Crippen LogP contribution in [-0.4, -0.2) is 37.2 Å². The maximum Gasteiger partial charge on any atom is 0.312 e. The molecule has 1 aromatic rings. The highest BCUT2D eigenvalue weighted by molar-refractivity contribution is 5.76. The molecule has 1 N–H and O–H groups in total. The van der Waals surface area contributed by atoms with Gasteiger partial charge >= 0.3 is 5.97 Å². The van der Waals surface area contributed by atoms with Gasteiger partial charge in [-0.2, -0.15) is 0 Å². The molecule has 1 aromatic carbocycles. The van der Waals surface area contributed by atoms with Crippen molar-refractivity contribution in [2.75, 3.05) is 13.9 Å². The van der Waals surface area contributed by atoms with Crippen LogP contribution in [0, 0.1) is 50.2 Å². The topological polar surface area (TPSA) is 65.0 Å². The van der Waals surface area contributed by atoms with E-state index in [9.17, 15) is 9.90 Å². The van der Waals surface area contributed by atoms with Crippen molar-refractivity contribution in [2.45, 2.75) is 125 Å². The number of hydrogen-bond acceptors (Lipinski definition) is 4. The van der Waals surface area contributed by atoms with Crippen LogP contribution in [0.15, 0.2) is 42.0 Å². The van der Waals surface area contributed by atoms with Crippen molar-refractivity contribution in [1.82, 2.24) is 0 Å². The van der Waals surface area contributed by atoms with E-state index in [-0.39, 0.29) is 52.0 Å². The number of ether oxygens (including phenoxy) is 3. The second kappa shape index (κ2) is 10.9. The Balaban J connectivity index is 1.34. The van der Waals surface area contributed by atoms with Crippen LogP contribution in [0.5, 0.6) is 0 Å². The highest BCUT2D eigenvalue weighted by atomic mass is 16.7.